The first-order chi connectivity index (χ1) is 5.12. The van der Waals surface area contributed by atoms with Crippen molar-refractivity contribution in [2.75, 3.05) is 0 Å². The van der Waals surface area contributed by atoms with Crippen LogP contribution in [0.5, 0.6) is 0 Å². The molecular formula is C11H22MgO2. The van der Waals surface area contributed by atoms with Crippen LogP contribution in [-0.2, 0) is 9.59 Å². The molecule has 3 heteroatoms. The minimum atomic E-state index is -0.264. The molecule has 0 unspecified atom stereocenters. The number of hydrogen-bond acceptors (Lipinski definition) is 2. The predicted octanol–water partition coefficient (Wildman–Crippen LogP) is 2.54. The SMILES string of the molecule is C.CC(C)(C)[C-]=O.CC(C)(C)[C-]=O.[Mg+2]. The van der Waals surface area contributed by atoms with Crippen molar-refractivity contribution in [3.8, 4) is 0 Å². The fraction of sp³-hybridized carbons (Fsp3) is 0.818. The van der Waals surface area contributed by atoms with Crippen molar-refractivity contribution >= 4 is 35.6 Å². The van der Waals surface area contributed by atoms with Crippen LogP contribution in [0.3, 0.4) is 0 Å². The van der Waals surface area contributed by atoms with Gasteiger partial charge in [-0.05, 0) is 0 Å². The summed E-state index contributed by atoms with van der Waals surface area (Å²) >= 11 is 0. The molecule has 0 saturated carbocycles. The average molecular weight is 211 g/mol. The zero-order valence-electron chi connectivity index (χ0n) is 9.52. The fourth-order valence-corrected chi connectivity index (χ4v) is 0. The molecule has 0 bridgehead atoms. The Kier molecular flexibility index (Phi) is 16.4. The van der Waals surface area contributed by atoms with Crippen LogP contribution in [0.15, 0.2) is 0 Å². The van der Waals surface area contributed by atoms with Gasteiger partial charge in [0.05, 0.1) is 0 Å². The van der Waals surface area contributed by atoms with Gasteiger partial charge in [-0.3, -0.25) is 12.6 Å². The van der Waals surface area contributed by atoms with Crippen LogP contribution in [0.25, 0.3) is 0 Å². The Morgan fingerprint density at radius 1 is 0.714 bits per heavy atom. The molecule has 2 nitrogen and oxygen atoms in total. The van der Waals surface area contributed by atoms with Gasteiger partial charge in [-0.1, -0.05) is 49.0 Å². The summed E-state index contributed by atoms with van der Waals surface area (Å²) in [6, 6.07) is 0. The Hall–Kier alpha value is 0.106. The van der Waals surface area contributed by atoms with Crippen LogP contribution in [0.4, 0.5) is 0 Å². The molecule has 0 radical (unpaired) electrons. The van der Waals surface area contributed by atoms with Gasteiger partial charge in [0.2, 0.25) is 0 Å². The smallest absolute Gasteiger partial charge is 0.541 e. The second-order valence-electron chi connectivity index (χ2n) is 4.70. The summed E-state index contributed by atoms with van der Waals surface area (Å²) in [6.45, 7) is 10.9. The summed E-state index contributed by atoms with van der Waals surface area (Å²) in [4.78, 5) is 19.4. The molecule has 0 aromatic carbocycles. The fourth-order valence-electron chi connectivity index (χ4n) is 0. The van der Waals surface area contributed by atoms with Crippen LogP contribution in [0.2, 0.25) is 0 Å². The van der Waals surface area contributed by atoms with Crippen LogP contribution in [0.1, 0.15) is 49.0 Å². The normalized spacial score (nSPS) is 9.57. The molecule has 0 fully saturated rings. The summed E-state index contributed by atoms with van der Waals surface area (Å²) in [6.07, 6.45) is 3.71. The monoisotopic (exact) mass is 210 g/mol. The molecule has 0 aromatic heterocycles. The van der Waals surface area contributed by atoms with Gasteiger partial charge in [-0.15, -0.1) is 10.8 Å². The molecule has 80 valence electrons. The molecule has 0 aliphatic carbocycles. The average Bonchev–Trinajstić information content (AvgIpc) is 1.86. The van der Waals surface area contributed by atoms with Gasteiger partial charge in [0.15, 0.2) is 0 Å². The third kappa shape index (κ3) is 40.0. The molecule has 14 heavy (non-hydrogen) atoms. The third-order valence-electron chi connectivity index (χ3n) is 0.612. The van der Waals surface area contributed by atoms with E-state index in [1.165, 1.54) is 0 Å². The molecule has 0 amide bonds. The first kappa shape index (κ1) is 23.7. The van der Waals surface area contributed by atoms with E-state index in [4.69, 9.17) is 0 Å². The van der Waals surface area contributed by atoms with Crippen molar-refractivity contribution in [2.45, 2.75) is 49.0 Å². The maximum absolute atomic E-state index is 9.70. The molecule has 0 spiro atoms. The van der Waals surface area contributed by atoms with E-state index in [9.17, 15) is 9.59 Å². The second kappa shape index (κ2) is 9.65. The maximum atomic E-state index is 9.70. The first-order valence-corrected chi connectivity index (χ1v) is 3.91. The largest absolute Gasteiger partial charge is 2.00 e. The van der Waals surface area contributed by atoms with E-state index < -0.39 is 0 Å². The van der Waals surface area contributed by atoms with Crippen LogP contribution >= 0.6 is 0 Å². The van der Waals surface area contributed by atoms with Gasteiger partial charge < -0.3 is 9.59 Å². The molecule has 0 aromatic rings. The van der Waals surface area contributed by atoms with E-state index in [1.807, 2.05) is 54.1 Å². The Balaban J connectivity index is -0.0000000625. The second-order valence-corrected chi connectivity index (χ2v) is 4.70. The van der Waals surface area contributed by atoms with Crippen molar-refractivity contribution in [2.24, 2.45) is 10.8 Å². The zero-order valence-corrected chi connectivity index (χ0v) is 10.9. The quantitative estimate of drug-likeness (QED) is 0.455. The van der Waals surface area contributed by atoms with Crippen molar-refractivity contribution in [1.29, 1.82) is 0 Å². The predicted molar refractivity (Wildman–Crippen MR) is 62.8 cm³/mol. The maximum Gasteiger partial charge on any atom is 2.00 e. The first-order valence-electron chi connectivity index (χ1n) is 3.91. The van der Waals surface area contributed by atoms with Gasteiger partial charge in [0.1, 0.15) is 0 Å². The Labute approximate surface area is 105 Å². The summed E-state index contributed by atoms with van der Waals surface area (Å²) in [5.74, 6) is 0. The van der Waals surface area contributed by atoms with Gasteiger partial charge in [-0.2, -0.15) is 0 Å². The minimum absolute atomic E-state index is 0. The Morgan fingerprint density at radius 3 is 0.786 bits per heavy atom. The number of rotatable bonds is 0. The summed E-state index contributed by atoms with van der Waals surface area (Å²) < 4.78 is 0. The molecular weight excluding hydrogens is 188 g/mol. The van der Waals surface area contributed by atoms with E-state index in [-0.39, 0.29) is 41.3 Å². The molecule has 0 saturated heterocycles. The van der Waals surface area contributed by atoms with Gasteiger partial charge in [0, 0.05) is 0 Å². The zero-order chi connectivity index (χ0) is 10.4. The molecule has 0 rings (SSSR count). The van der Waals surface area contributed by atoms with E-state index in [2.05, 4.69) is 0 Å². The number of carbonyl (C=O) groups excluding carboxylic acids is 2. The molecule has 0 aliphatic heterocycles. The minimum Gasteiger partial charge on any atom is -0.541 e. The van der Waals surface area contributed by atoms with E-state index in [0.29, 0.717) is 0 Å². The summed E-state index contributed by atoms with van der Waals surface area (Å²) in [5, 5.41) is 0. The third-order valence-corrected chi connectivity index (χ3v) is 0.612. The molecule has 0 atom stereocenters. The van der Waals surface area contributed by atoms with Crippen LogP contribution < -0.4 is 0 Å². The van der Waals surface area contributed by atoms with Crippen molar-refractivity contribution in [3.63, 3.8) is 0 Å². The number of hydrogen-bond donors (Lipinski definition) is 0. The van der Waals surface area contributed by atoms with E-state index in [1.54, 1.807) is 0 Å². The summed E-state index contributed by atoms with van der Waals surface area (Å²) in [7, 11) is 0. The molecule has 0 aliphatic rings. The summed E-state index contributed by atoms with van der Waals surface area (Å²) in [5.41, 5.74) is -0.528. The van der Waals surface area contributed by atoms with Gasteiger partial charge >= 0.3 is 23.1 Å². The molecule has 0 heterocycles. The van der Waals surface area contributed by atoms with E-state index >= 15 is 0 Å². The van der Waals surface area contributed by atoms with Gasteiger partial charge in [-0.25, -0.2) is 0 Å². The Bertz CT molecular complexity index is 122. The molecule has 0 N–H and O–H groups in total. The van der Waals surface area contributed by atoms with Crippen molar-refractivity contribution < 1.29 is 9.59 Å². The van der Waals surface area contributed by atoms with E-state index in [0.717, 1.165) is 0 Å². The standard InChI is InChI=1S/2C5H9O.CH4.Mg/c2*1-5(2,3)4-6;;/h2*1-3H3;1H4;/q2*-1;;+2. The van der Waals surface area contributed by atoms with Crippen LogP contribution in [0, 0.1) is 10.8 Å². The van der Waals surface area contributed by atoms with Gasteiger partial charge in [0.25, 0.3) is 0 Å². The van der Waals surface area contributed by atoms with Crippen molar-refractivity contribution in [3.05, 3.63) is 0 Å². The van der Waals surface area contributed by atoms with Crippen molar-refractivity contribution in [1.82, 2.24) is 0 Å². The Morgan fingerprint density at radius 2 is 0.786 bits per heavy atom. The van der Waals surface area contributed by atoms with Crippen LogP contribution in [-0.4, -0.2) is 35.6 Å². The topological polar surface area (TPSA) is 34.1 Å².